The van der Waals surface area contributed by atoms with Gasteiger partial charge in [-0.15, -0.1) is 0 Å². The van der Waals surface area contributed by atoms with Crippen LogP contribution in [-0.2, 0) is 0 Å². The van der Waals surface area contributed by atoms with Gasteiger partial charge in [0.05, 0.1) is 0 Å². The first-order valence-corrected chi connectivity index (χ1v) is 3.11. The monoisotopic (exact) mass is 142 g/mol. The van der Waals surface area contributed by atoms with Crippen molar-refractivity contribution in [1.82, 2.24) is 5.12 Å². The van der Waals surface area contributed by atoms with Crippen molar-refractivity contribution in [2.45, 2.75) is 13.8 Å². The maximum atomic E-state index is 5.40. The van der Waals surface area contributed by atoms with Gasteiger partial charge in [-0.1, -0.05) is 13.8 Å². The number of amidine groups is 1. The minimum Gasteiger partial charge on any atom is -0.273 e. The fourth-order valence-electron chi connectivity index (χ4n) is 0.698. The third-order valence-electron chi connectivity index (χ3n) is 1.13. The second-order valence-electron chi connectivity index (χ2n) is 2.22. The van der Waals surface area contributed by atoms with Gasteiger partial charge < -0.3 is 0 Å². The maximum absolute atomic E-state index is 5.40. The Labute approximate surface area is 61.4 Å². The quantitative estimate of drug-likeness (QED) is 0.263. The van der Waals surface area contributed by atoms with Gasteiger partial charge in [-0.2, -0.15) is 10.2 Å². The lowest BCUT2D eigenvalue weighted by Crippen LogP contribution is -2.35. The van der Waals surface area contributed by atoms with E-state index in [0.29, 0.717) is 0 Å². The van der Waals surface area contributed by atoms with E-state index < -0.39 is 0 Å². The van der Waals surface area contributed by atoms with Crippen LogP contribution in [0.15, 0.2) is 10.1 Å². The van der Waals surface area contributed by atoms with Crippen molar-refractivity contribution in [3.63, 3.8) is 0 Å². The lowest BCUT2D eigenvalue weighted by Gasteiger charge is -2.16. The van der Waals surface area contributed by atoms with Crippen LogP contribution in [0.5, 0.6) is 0 Å². The zero-order valence-electron chi connectivity index (χ0n) is 6.70. The van der Waals surface area contributed by atoms with Gasteiger partial charge >= 0.3 is 0 Å². The SMILES string of the molecule is C=NN(N)C(=NC)C(C)C. The molecule has 0 amide bonds. The lowest BCUT2D eigenvalue weighted by atomic mass is 10.2. The number of hydrazone groups is 1. The van der Waals surface area contributed by atoms with E-state index in [2.05, 4.69) is 16.8 Å². The molecule has 58 valence electrons. The molecule has 0 atom stereocenters. The average molecular weight is 142 g/mol. The predicted octanol–water partition coefficient (Wildman–Crippen LogP) is 0.462. The molecule has 0 rings (SSSR count). The van der Waals surface area contributed by atoms with Crippen LogP contribution < -0.4 is 5.84 Å². The van der Waals surface area contributed by atoms with Crippen LogP contribution in [0.25, 0.3) is 0 Å². The van der Waals surface area contributed by atoms with Gasteiger partial charge in [0.2, 0.25) is 0 Å². The molecule has 0 radical (unpaired) electrons. The molecule has 0 aliphatic heterocycles. The molecule has 0 aromatic rings. The van der Waals surface area contributed by atoms with Gasteiger partial charge in [-0.3, -0.25) is 4.99 Å². The molecular weight excluding hydrogens is 128 g/mol. The molecule has 2 N–H and O–H groups in total. The highest BCUT2D eigenvalue weighted by atomic mass is 15.6. The van der Waals surface area contributed by atoms with Crippen molar-refractivity contribution >= 4 is 12.6 Å². The molecule has 0 bridgehead atoms. The molecule has 0 heterocycles. The maximum Gasteiger partial charge on any atom is 0.140 e. The number of nitrogens with zero attached hydrogens (tertiary/aromatic N) is 3. The third-order valence-corrected chi connectivity index (χ3v) is 1.13. The second kappa shape index (κ2) is 4.00. The van der Waals surface area contributed by atoms with Crippen molar-refractivity contribution in [3.05, 3.63) is 0 Å². The summed E-state index contributed by atoms with van der Waals surface area (Å²) in [5.74, 6) is 6.41. The van der Waals surface area contributed by atoms with Crippen molar-refractivity contribution in [2.24, 2.45) is 21.9 Å². The lowest BCUT2D eigenvalue weighted by molar-refractivity contribution is 0.447. The van der Waals surface area contributed by atoms with Gasteiger partial charge in [-0.05, 0) is 0 Å². The molecular formula is C6H14N4. The minimum atomic E-state index is 0.278. The molecule has 0 aromatic heterocycles. The fraction of sp³-hybridized carbons (Fsp3) is 0.667. The number of nitrogens with two attached hydrogens (primary N) is 1. The normalized spacial score (nSPS) is 11.9. The van der Waals surface area contributed by atoms with Crippen molar-refractivity contribution in [2.75, 3.05) is 7.05 Å². The molecule has 0 aliphatic carbocycles. The Morgan fingerprint density at radius 2 is 2.10 bits per heavy atom. The largest absolute Gasteiger partial charge is 0.273 e. The smallest absolute Gasteiger partial charge is 0.140 e. The van der Waals surface area contributed by atoms with Crippen molar-refractivity contribution < 1.29 is 0 Å². The van der Waals surface area contributed by atoms with E-state index in [0.717, 1.165) is 5.84 Å². The van der Waals surface area contributed by atoms with E-state index in [1.54, 1.807) is 7.05 Å². The summed E-state index contributed by atoms with van der Waals surface area (Å²) in [4.78, 5) is 3.94. The first-order chi connectivity index (χ1) is 4.63. The molecule has 0 saturated heterocycles. The molecule has 0 aromatic carbocycles. The summed E-state index contributed by atoms with van der Waals surface area (Å²) in [5.41, 5.74) is 0. The highest BCUT2D eigenvalue weighted by Gasteiger charge is 2.07. The molecule has 4 heteroatoms. The fourth-order valence-corrected chi connectivity index (χ4v) is 0.698. The number of aliphatic imine (C=N–C) groups is 1. The molecule has 0 spiro atoms. The van der Waals surface area contributed by atoms with Crippen molar-refractivity contribution in [3.8, 4) is 0 Å². The second-order valence-corrected chi connectivity index (χ2v) is 2.22. The van der Waals surface area contributed by atoms with E-state index in [-0.39, 0.29) is 5.92 Å². The van der Waals surface area contributed by atoms with Crippen LogP contribution in [0.3, 0.4) is 0 Å². The summed E-state index contributed by atoms with van der Waals surface area (Å²) in [6.07, 6.45) is 0. The van der Waals surface area contributed by atoms with E-state index in [1.807, 2.05) is 13.8 Å². The van der Waals surface area contributed by atoms with Crippen LogP contribution in [0.4, 0.5) is 0 Å². The molecule has 0 fully saturated rings. The number of rotatable bonds is 2. The number of hydrazine groups is 1. The van der Waals surface area contributed by atoms with Gasteiger partial charge in [-0.25, -0.2) is 5.84 Å². The molecule has 0 unspecified atom stereocenters. The Morgan fingerprint density at radius 3 is 2.20 bits per heavy atom. The predicted molar refractivity (Wildman–Crippen MR) is 43.8 cm³/mol. The van der Waals surface area contributed by atoms with Crippen molar-refractivity contribution in [1.29, 1.82) is 0 Å². The summed E-state index contributed by atoms with van der Waals surface area (Å²) in [7, 11) is 1.68. The van der Waals surface area contributed by atoms with Gasteiger partial charge in [0, 0.05) is 19.7 Å². The van der Waals surface area contributed by atoms with Crippen LogP contribution >= 0.6 is 0 Å². The standard InChI is InChI=1S/C6H14N4/c1-5(2)6(8-3)10(7)9-4/h5H,4,7H2,1-3H3. The average Bonchev–Trinajstić information content (AvgIpc) is 1.88. The summed E-state index contributed by atoms with van der Waals surface area (Å²) in [6, 6.07) is 0. The Hall–Kier alpha value is -0.900. The number of hydrogen-bond acceptors (Lipinski definition) is 3. The zero-order valence-corrected chi connectivity index (χ0v) is 6.70. The molecule has 0 aliphatic rings. The van der Waals surface area contributed by atoms with Gasteiger partial charge in [0.1, 0.15) is 5.84 Å². The number of hydrogen-bond donors (Lipinski definition) is 1. The van der Waals surface area contributed by atoms with Crippen LogP contribution in [0.1, 0.15) is 13.8 Å². The Morgan fingerprint density at radius 1 is 1.60 bits per heavy atom. The summed E-state index contributed by atoms with van der Waals surface area (Å²) in [5, 5.41) is 4.70. The highest BCUT2D eigenvalue weighted by Crippen LogP contribution is 1.98. The molecule has 4 nitrogen and oxygen atoms in total. The summed E-state index contributed by atoms with van der Waals surface area (Å²) < 4.78 is 0. The van der Waals surface area contributed by atoms with Crippen LogP contribution in [0, 0.1) is 5.92 Å². The molecule has 0 saturated carbocycles. The first-order valence-electron chi connectivity index (χ1n) is 3.11. The Bertz CT molecular complexity index is 139. The minimum absolute atomic E-state index is 0.278. The molecule has 10 heavy (non-hydrogen) atoms. The summed E-state index contributed by atoms with van der Waals surface area (Å²) >= 11 is 0. The zero-order chi connectivity index (χ0) is 8.15. The Kier molecular flexibility index (Phi) is 3.64. The topological polar surface area (TPSA) is 54.0 Å². The highest BCUT2D eigenvalue weighted by molar-refractivity contribution is 5.83. The van der Waals surface area contributed by atoms with Crippen LogP contribution in [0.2, 0.25) is 0 Å². The van der Waals surface area contributed by atoms with E-state index in [9.17, 15) is 0 Å². The van der Waals surface area contributed by atoms with Gasteiger partial charge in [0.25, 0.3) is 0 Å². The first kappa shape index (κ1) is 9.10. The third kappa shape index (κ3) is 2.14. The van der Waals surface area contributed by atoms with Gasteiger partial charge in [0.15, 0.2) is 0 Å². The Balaban J connectivity index is 4.22. The van der Waals surface area contributed by atoms with E-state index in [4.69, 9.17) is 5.84 Å². The summed E-state index contributed by atoms with van der Waals surface area (Å²) in [6.45, 7) is 7.27. The van der Waals surface area contributed by atoms with E-state index in [1.165, 1.54) is 5.12 Å². The van der Waals surface area contributed by atoms with Crippen LogP contribution in [-0.4, -0.2) is 24.7 Å². The van der Waals surface area contributed by atoms with E-state index >= 15 is 0 Å².